The molecule has 0 amide bonds. The minimum Gasteiger partial charge on any atom is -0.461 e. The highest BCUT2D eigenvalue weighted by atomic mass is 16.5. The molecule has 0 saturated heterocycles. The third kappa shape index (κ3) is 2.61. The number of rotatable bonds is 5. The lowest BCUT2D eigenvalue weighted by Gasteiger charge is -2.12. The zero-order valence-electron chi connectivity index (χ0n) is 9.67. The fourth-order valence-corrected chi connectivity index (χ4v) is 1.83. The van der Waals surface area contributed by atoms with Gasteiger partial charge in [0.15, 0.2) is 0 Å². The van der Waals surface area contributed by atoms with Crippen molar-refractivity contribution >= 4 is 5.97 Å². The van der Waals surface area contributed by atoms with E-state index in [1.54, 1.807) is 6.20 Å². The van der Waals surface area contributed by atoms with Gasteiger partial charge in [0.05, 0.1) is 6.61 Å². The molecule has 1 rings (SSSR count). The van der Waals surface area contributed by atoms with Crippen molar-refractivity contribution in [3.63, 3.8) is 0 Å². The van der Waals surface area contributed by atoms with Gasteiger partial charge in [0, 0.05) is 6.20 Å². The molecule has 1 aromatic heterocycles. The maximum atomic E-state index is 11.6. The Morgan fingerprint density at radius 1 is 1.40 bits per heavy atom. The molecule has 0 fully saturated rings. The average molecular weight is 209 g/mol. The molecule has 0 unspecified atom stereocenters. The van der Waals surface area contributed by atoms with E-state index in [4.69, 9.17) is 4.74 Å². The standard InChI is InChI=1S/C12H19NO2/c1-4-9(5-2)10-7-8-13-11(10)12(14)15-6-3/h7-9,13H,4-6H2,1-3H3. The Hall–Kier alpha value is -1.25. The van der Waals surface area contributed by atoms with Crippen molar-refractivity contribution in [2.24, 2.45) is 0 Å². The summed E-state index contributed by atoms with van der Waals surface area (Å²) in [6.07, 6.45) is 3.89. The van der Waals surface area contributed by atoms with Crippen LogP contribution in [-0.2, 0) is 4.74 Å². The Morgan fingerprint density at radius 3 is 2.60 bits per heavy atom. The summed E-state index contributed by atoms with van der Waals surface area (Å²) in [5, 5.41) is 0. The van der Waals surface area contributed by atoms with Gasteiger partial charge in [-0.2, -0.15) is 0 Å². The molecule has 0 aliphatic heterocycles. The van der Waals surface area contributed by atoms with Crippen LogP contribution in [0.5, 0.6) is 0 Å². The Morgan fingerprint density at radius 2 is 2.07 bits per heavy atom. The predicted molar refractivity (Wildman–Crippen MR) is 60.1 cm³/mol. The van der Waals surface area contributed by atoms with E-state index in [0.29, 0.717) is 18.2 Å². The lowest BCUT2D eigenvalue weighted by Crippen LogP contribution is -2.09. The molecule has 0 saturated carbocycles. The van der Waals surface area contributed by atoms with Gasteiger partial charge in [0.1, 0.15) is 5.69 Å². The van der Waals surface area contributed by atoms with E-state index in [-0.39, 0.29) is 5.97 Å². The summed E-state index contributed by atoms with van der Waals surface area (Å²) < 4.78 is 5.00. The van der Waals surface area contributed by atoms with E-state index in [9.17, 15) is 4.79 Å². The number of ether oxygens (including phenoxy) is 1. The molecule has 0 spiro atoms. The first kappa shape index (κ1) is 11.8. The van der Waals surface area contributed by atoms with Crippen LogP contribution >= 0.6 is 0 Å². The maximum absolute atomic E-state index is 11.6. The predicted octanol–water partition coefficient (Wildman–Crippen LogP) is 3.10. The molecule has 84 valence electrons. The first-order valence-electron chi connectivity index (χ1n) is 5.58. The monoisotopic (exact) mass is 209 g/mol. The van der Waals surface area contributed by atoms with Gasteiger partial charge in [0.2, 0.25) is 0 Å². The number of H-pyrrole nitrogens is 1. The highest BCUT2D eigenvalue weighted by Crippen LogP contribution is 2.26. The molecule has 3 heteroatoms. The molecule has 1 aromatic rings. The highest BCUT2D eigenvalue weighted by Gasteiger charge is 2.18. The van der Waals surface area contributed by atoms with Gasteiger partial charge in [-0.05, 0) is 37.3 Å². The SMILES string of the molecule is CCOC(=O)c1[nH]ccc1C(CC)CC. The van der Waals surface area contributed by atoms with E-state index >= 15 is 0 Å². The molecular weight excluding hydrogens is 190 g/mol. The zero-order chi connectivity index (χ0) is 11.3. The summed E-state index contributed by atoms with van der Waals surface area (Å²) in [4.78, 5) is 14.6. The molecule has 0 aromatic carbocycles. The van der Waals surface area contributed by atoms with Gasteiger partial charge in [-0.1, -0.05) is 13.8 Å². The second-order valence-electron chi connectivity index (χ2n) is 3.54. The van der Waals surface area contributed by atoms with Crippen LogP contribution in [-0.4, -0.2) is 17.6 Å². The van der Waals surface area contributed by atoms with Crippen LogP contribution in [0.2, 0.25) is 0 Å². The number of carbonyl (C=O) groups excluding carboxylic acids is 1. The van der Waals surface area contributed by atoms with E-state index in [1.165, 1.54) is 0 Å². The number of hydrogen-bond donors (Lipinski definition) is 1. The number of nitrogens with one attached hydrogen (secondary N) is 1. The van der Waals surface area contributed by atoms with E-state index in [0.717, 1.165) is 18.4 Å². The second kappa shape index (κ2) is 5.59. The van der Waals surface area contributed by atoms with Gasteiger partial charge in [-0.3, -0.25) is 0 Å². The average Bonchev–Trinajstić information content (AvgIpc) is 2.69. The smallest absolute Gasteiger partial charge is 0.355 e. The van der Waals surface area contributed by atoms with Crippen molar-refractivity contribution in [3.8, 4) is 0 Å². The van der Waals surface area contributed by atoms with Crippen LogP contribution in [0.25, 0.3) is 0 Å². The minimum absolute atomic E-state index is 0.246. The van der Waals surface area contributed by atoms with Crippen molar-refractivity contribution < 1.29 is 9.53 Å². The third-order valence-corrected chi connectivity index (χ3v) is 2.68. The lowest BCUT2D eigenvalue weighted by atomic mass is 9.94. The van der Waals surface area contributed by atoms with Crippen LogP contribution in [0.4, 0.5) is 0 Å². The van der Waals surface area contributed by atoms with Crippen LogP contribution in [0.15, 0.2) is 12.3 Å². The van der Waals surface area contributed by atoms with Crippen molar-refractivity contribution in [1.82, 2.24) is 4.98 Å². The van der Waals surface area contributed by atoms with E-state index in [1.807, 2.05) is 13.0 Å². The van der Waals surface area contributed by atoms with Gasteiger partial charge < -0.3 is 9.72 Å². The number of aromatic nitrogens is 1. The molecule has 0 aliphatic carbocycles. The summed E-state index contributed by atoms with van der Waals surface area (Å²) in [7, 11) is 0. The fraction of sp³-hybridized carbons (Fsp3) is 0.583. The highest BCUT2D eigenvalue weighted by molar-refractivity contribution is 5.89. The number of hydrogen-bond acceptors (Lipinski definition) is 2. The topological polar surface area (TPSA) is 42.1 Å². The molecule has 0 aliphatic rings. The first-order valence-corrected chi connectivity index (χ1v) is 5.58. The Bertz CT molecular complexity index is 313. The van der Waals surface area contributed by atoms with Crippen LogP contribution in [0, 0.1) is 0 Å². The van der Waals surface area contributed by atoms with E-state index in [2.05, 4.69) is 18.8 Å². The largest absolute Gasteiger partial charge is 0.461 e. The third-order valence-electron chi connectivity index (χ3n) is 2.68. The van der Waals surface area contributed by atoms with Gasteiger partial charge in [-0.25, -0.2) is 4.79 Å². The molecule has 15 heavy (non-hydrogen) atoms. The quantitative estimate of drug-likeness (QED) is 0.757. The zero-order valence-corrected chi connectivity index (χ0v) is 9.67. The number of aromatic amines is 1. The molecule has 0 bridgehead atoms. The fourth-order valence-electron chi connectivity index (χ4n) is 1.83. The van der Waals surface area contributed by atoms with Gasteiger partial charge in [-0.15, -0.1) is 0 Å². The molecule has 1 heterocycles. The van der Waals surface area contributed by atoms with Gasteiger partial charge >= 0.3 is 5.97 Å². The van der Waals surface area contributed by atoms with Gasteiger partial charge in [0.25, 0.3) is 0 Å². The Labute approximate surface area is 90.8 Å². The maximum Gasteiger partial charge on any atom is 0.355 e. The van der Waals surface area contributed by atoms with Crippen molar-refractivity contribution in [1.29, 1.82) is 0 Å². The molecular formula is C12H19NO2. The minimum atomic E-state index is -0.246. The van der Waals surface area contributed by atoms with Crippen LogP contribution < -0.4 is 0 Å². The van der Waals surface area contributed by atoms with Crippen molar-refractivity contribution in [3.05, 3.63) is 23.5 Å². The van der Waals surface area contributed by atoms with Crippen molar-refractivity contribution in [2.45, 2.75) is 39.5 Å². The lowest BCUT2D eigenvalue weighted by molar-refractivity contribution is 0.0518. The Kier molecular flexibility index (Phi) is 4.40. The number of carbonyl (C=O) groups is 1. The summed E-state index contributed by atoms with van der Waals surface area (Å²) in [6, 6.07) is 1.98. The van der Waals surface area contributed by atoms with Crippen LogP contribution in [0.1, 0.15) is 55.6 Å². The summed E-state index contributed by atoms with van der Waals surface area (Å²) in [6.45, 7) is 6.50. The van der Waals surface area contributed by atoms with Crippen LogP contribution in [0.3, 0.4) is 0 Å². The summed E-state index contributed by atoms with van der Waals surface area (Å²) in [5.74, 6) is 0.194. The molecule has 0 atom stereocenters. The Balaban J connectivity index is 2.89. The summed E-state index contributed by atoms with van der Waals surface area (Å²) >= 11 is 0. The second-order valence-corrected chi connectivity index (χ2v) is 3.54. The molecule has 0 radical (unpaired) electrons. The molecule has 1 N–H and O–H groups in total. The normalized spacial score (nSPS) is 10.7. The van der Waals surface area contributed by atoms with E-state index < -0.39 is 0 Å². The summed E-state index contributed by atoms with van der Waals surface area (Å²) in [5.41, 5.74) is 1.70. The molecule has 3 nitrogen and oxygen atoms in total. The number of esters is 1. The first-order chi connectivity index (χ1) is 7.24. The van der Waals surface area contributed by atoms with Crippen molar-refractivity contribution in [2.75, 3.05) is 6.61 Å².